The zero-order valence-corrected chi connectivity index (χ0v) is 23.6. The quantitative estimate of drug-likeness (QED) is 0.164. The summed E-state index contributed by atoms with van der Waals surface area (Å²) in [6.07, 6.45) is -8.68. The van der Waals surface area contributed by atoms with Crippen LogP contribution >= 0.6 is 35.3 Å². The number of benzene rings is 1. The smallest absolute Gasteiger partial charge is 0.416 e. The number of nitrogens with zero attached hydrogens (tertiary/aromatic N) is 1. The van der Waals surface area contributed by atoms with E-state index in [1.54, 1.807) is 20.8 Å². The number of ether oxygens (including phenoxy) is 1. The Morgan fingerprint density at radius 2 is 1.60 bits per heavy atom. The molecule has 1 fully saturated rings. The van der Waals surface area contributed by atoms with Gasteiger partial charge in [0.1, 0.15) is 16.5 Å². The zero-order valence-electron chi connectivity index (χ0n) is 21.2. The average molecular weight is 625 g/mol. The van der Waals surface area contributed by atoms with Crippen LogP contribution in [0, 0.1) is 0 Å². The highest BCUT2D eigenvalue weighted by atomic mass is 32.2. The topological polar surface area (TPSA) is 75.7 Å². The summed E-state index contributed by atoms with van der Waals surface area (Å²) in [6.45, 7) is 4.64. The second-order valence-electron chi connectivity index (χ2n) is 9.48. The van der Waals surface area contributed by atoms with Crippen LogP contribution in [0.4, 0.5) is 26.3 Å². The Morgan fingerprint density at radius 3 is 2.15 bits per heavy atom. The van der Waals surface area contributed by atoms with Gasteiger partial charge in [0.05, 0.1) is 16.0 Å². The first kappa shape index (κ1) is 31.6. The van der Waals surface area contributed by atoms with Gasteiger partial charge in [-0.2, -0.15) is 26.3 Å². The molecule has 15 heteroatoms. The van der Waals surface area contributed by atoms with Crippen LogP contribution in [-0.4, -0.2) is 45.7 Å². The highest BCUT2D eigenvalue weighted by Gasteiger charge is 2.37. The number of carbonyl (C=O) groups excluding carboxylic acids is 3. The Hall–Kier alpha value is -2.91. The molecule has 2 amide bonds. The summed E-state index contributed by atoms with van der Waals surface area (Å²) in [5, 5.41) is 3.79. The molecule has 40 heavy (non-hydrogen) atoms. The van der Waals surface area contributed by atoms with Crippen LogP contribution in [-0.2, 0) is 31.5 Å². The fraction of sp³-hybridized carbons (Fsp3) is 0.360. The van der Waals surface area contributed by atoms with E-state index in [9.17, 15) is 40.7 Å². The first-order valence-corrected chi connectivity index (χ1v) is 13.6. The van der Waals surface area contributed by atoms with Crippen molar-refractivity contribution in [2.45, 2.75) is 45.1 Å². The molecule has 0 saturated carbocycles. The summed E-state index contributed by atoms with van der Waals surface area (Å²) < 4.78 is 84.6. The average Bonchev–Trinajstić information content (AvgIpc) is 3.38. The number of nitrogens with one attached hydrogen (secondary N) is 1. The van der Waals surface area contributed by atoms with Gasteiger partial charge in [-0.15, -0.1) is 11.3 Å². The summed E-state index contributed by atoms with van der Waals surface area (Å²) in [5.41, 5.74) is -3.73. The minimum atomic E-state index is -4.98. The molecule has 216 valence electrons. The first-order valence-electron chi connectivity index (χ1n) is 11.5. The lowest BCUT2D eigenvalue weighted by atomic mass is 10.0. The molecule has 0 spiro atoms. The number of thiophene rings is 1. The van der Waals surface area contributed by atoms with E-state index in [1.807, 2.05) is 0 Å². The van der Waals surface area contributed by atoms with Crippen molar-refractivity contribution in [3.63, 3.8) is 0 Å². The molecule has 0 atom stereocenters. The molecule has 6 nitrogen and oxygen atoms in total. The predicted octanol–water partition coefficient (Wildman–Crippen LogP) is 6.50. The highest BCUT2D eigenvalue weighted by Crippen LogP contribution is 2.40. The third-order valence-corrected chi connectivity index (χ3v) is 7.36. The second-order valence-corrected chi connectivity index (χ2v) is 12.1. The number of thiocarbonyl (C=S) groups is 1. The van der Waals surface area contributed by atoms with Gasteiger partial charge in [-0.1, -0.05) is 24.0 Å². The molecule has 0 radical (unpaired) electrons. The van der Waals surface area contributed by atoms with Crippen molar-refractivity contribution < 1.29 is 45.5 Å². The summed E-state index contributed by atoms with van der Waals surface area (Å²) in [4.78, 5) is 38.4. The lowest BCUT2D eigenvalue weighted by Crippen LogP contribution is -2.37. The maximum Gasteiger partial charge on any atom is 0.416 e. The molecule has 2 aromatic rings. The molecule has 3 rings (SSSR count). The molecule has 0 bridgehead atoms. The number of carbonyl (C=O) groups is 3. The summed E-state index contributed by atoms with van der Waals surface area (Å²) in [5.74, 6) is -1.64. The van der Waals surface area contributed by atoms with Crippen LogP contribution in [0.3, 0.4) is 0 Å². The van der Waals surface area contributed by atoms with E-state index >= 15 is 0 Å². The van der Waals surface area contributed by atoms with Gasteiger partial charge in [0.15, 0.2) is 0 Å². The number of hydrogen-bond donors (Lipinski definition) is 1. The minimum absolute atomic E-state index is 0.0555. The Labute approximate surface area is 238 Å². The first-order chi connectivity index (χ1) is 18.3. The fourth-order valence-electron chi connectivity index (χ4n) is 3.37. The van der Waals surface area contributed by atoms with Gasteiger partial charge in [0, 0.05) is 17.8 Å². The van der Waals surface area contributed by atoms with Crippen molar-refractivity contribution in [2.24, 2.45) is 0 Å². The minimum Gasteiger partial charge on any atom is -0.459 e. The third-order valence-electron chi connectivity index (χ3n) is 5.10. The molecule has 1 aliphatic heterocycles. The van der Waals surface area contributed by atoms with E-state index in [4.69, 9.17) is 17.0 Å². The number of rotatable bonds is 7. The van der Waals surface area contributed by atoms with Gasteiger partial charge in [-0.05, 0) is 67.6 Å². The van der Waals surface area contributed by atoms with Crippen molar-refractivity contribution in [3.8, 4) is 11.1 Å². The maximum atomic E-state index is 13.2. The van der Waals surface area contributed by atoms with Gasteiger partial charge in [0.2, 0.25) is 5.91 Å². The van der Waals surface area contributed by atoms with E-state index < -0.39 is 46.9 Å². The van der Waals surface area contributed by atoms with Gasteiger partial charge < -0.3 is 10.1 Å². The van der Waals surface area contributed by atoms with Crippen molar-refractivity contribution in [1.29, 1.82) is 0 Å². The van der Waals surface area contributed by atoms with Crippen molar-refractivity contribution in [2.75, 3.05) is 13.1 Å². The van der Waals surface area contributed by atoms with Crippen LogP contribution in [0.25, 0.3) is 17.2 Å². The lowest BCUT2D eigenvalue weighted by molar-refractivity contribution is -0.154. The monoisotopic (exact) mass is 624 g/mol. The van der Waals surface area contributed by atoms with E-state index in [2.05, 4.69) is 5.32 Å². The van der Waals surface area contributed by atoms with E-state index in [0.717, 1.165) is 23.1 Å². The molecule has 1 aromatic carbocycles. The Kier molecular flexibility index (Phi) is 9.41. The zero-order chi connectivity index (χ0) is 30.0. The number of hydrogen-bond acceptors (Lipinski definition) is 7. The molecular formula is C25H22F6N2O4S3. The van der Waals surface area contributed by atoms with Gasteiger partial charge in [-0.25, -0.2) is 0 Å². The number of halogens is 6. The number of thioether (sulfide) groups is 1. The standard InChI is InChI=1S/C25H22F6N2O4S3/c1-23(2,3)37-20(35)11-32-19(34)4-5-33-21(36)18(40-22(33)38)10-17-8-14(12-39-17)13-6-15(24(26,27)28)9-16(7-13)25(29,30)31/h6-10,12H,4-5,11H2,1-3H3,(H,32,34)/b18-10-. The Morgan fingerprint density at radius 1 is 1.00 bits per heavy atom. The third kappa shape index (κ3) is 8.54. The molecule has 0 aliphatic carbocycles. The van der Waals surface area contributed by atoms with Gasteiger partial charge in [0.25, 0.3) is 5.91 Å². The normalized spacial score (nSPS) is 15.6. The Bertz CT molecular complexity index is 1330. The molecule has 1 aromatic heterocycles. The van der Waals surface area contributed by atoms with E-state index in [1.165, 1.54) is 22.4 Å². The molecule has 1 aliphatic rings. The molecule has 1 N–H and O–H groups in total. The van der Waals surface area contributed by atoms with Crippen LogP contribution in [0.1, 0.15) is 43.2 Å². The molecule has 2 heterocycles. The van der Waals surface area contributed by atoms with E-state index in [0.29, 0.717) is 17.0 Å². The maximum absolute atomic E-state index is 13.2. The SMILES string of the molecule is CC(C)(C)OC(=O)CNC(=O)CCN1C(=O)/C(=C/c2cc(-c3cc(C(F)(F)F)cc(C(F)(F)F)c3)cs2)SC1=S. The number of alkyl halides is 6. The largest absolute Gasteiger partial charge is 0.459 e. The van der Waals surface area contributed by atoms with Gasteiger partial charge in [-0.3, -0.25) is 19.3 Å². The van der Waals surface area contributed by atoms with Crippen LogP contribution in [0.5, 0.6) is 0 Å². The predicted molar refractivity (Wildman–Crippen MR) is 143 cm³/mol. The van der Waals surface area contributed by atoms with Gasteiger partial charge >= 0.3 is 18.3 Å². The van der Waals surface area contributed by atoms with Crippen LogP contribution < -0.4 is 5.32 Å². The van der Waals surface area contributed by atoms with Crippen LogP contribution in [0.15, 0.2) is 34.6 Å². The number of esters is 1. The van der Waals surface area contributed by atoms with E-state index in [-0.39, 0.29) is 45.9 Å². The second kappa shape index (κ2) is 11.9. The van der Waals surface area contributed by atoms with Crippen molar-refractivity contribution >= 4 is 63.5 Å². The summed E-state index contributed by atoms with van der Waals surface area (Å²) in [6, 6.07) is 2.69. The molecular weight excluding hydrogens is 602 g/mol. The summed E-state index contributed by atoms with van der Waals surface area (Å²) >= 11 is 7.18. The molecule has 1 saturated heterocycles. The lowest BCUT2D eigenvalue weighted by Gasteiger charge is -2.19. The summed E-state index contributed by atoms with van der Waals surface area (Å²) in [7, 11) is 0. The fourth-order valence-corrected chi connectivity index (χ4v) is 5.60. The molecule has 0 unspecified atom stereocenters. The highest BCUT2D eigenvalue weighted by molar-refractivity contribution is 8.26. The van der Waals surface area contributed by atoms with Crippen molar-refractivity contribution in [1.82, 2.24) is 10.2 Å². The number of amides is 2. The van der Waals surface area contributed by atoms with Crippen molar-refractivity contribution in [3.05, 3.63) is 50.6 Å². The Balaban J connectivity index is 1.69. The van der Waals surface area contributed by atoms with Crippen LogP contribution in [0.2, 0.25) is 0 Å².